The van der Waals surface area contributed by atoms with Crippen LogP contribution in [0.15, 0.2) is 0 Å². The van der Waals surface area contributed by atoms with Gasteiger partial charge in [0.2, 0.25) is 0 Å². The molecule has 0 spiro atoms. The average Bonchev–Trinajstić information content (AvgIpc) is 2.74. The topological polar surface area (TPSA) is 245 Å². The third-order valence-electron chi connectivity index (χ3n) is 5.63. The van der Waals surface area contributed by atoms with Crippen LogP contribution in [0.1, 0.15) is 6.92 Å². The fraction of sp³-hybridized carbons (Fsp3) is 0.941. The van der Waals surface area contributed by atoms with Crippen LogP contribution in [0, 0.1) is 0 Å². The molecule has 3 saturated heterocycles. The highest BCUT2D eigenvalue weighted by Gasteiger charge is 2.52. The first kappa shape index (κ1) is 25.6. The molecule has 14 atom stereocenters. The van der Waals surface area contributed by atoms with Gasteiger partial charge in [0.05, 0.1) is 12.7 Å². The fourth-order valence-electron chi connectivity index (χ4n) is 3.67. The zero-order valence-electron chi connectivity index (χ0n) is 16.8. The molecule has 3 aliphatic heterocycles. The summed E-state index contributed by atoms with van der Waals surface area (Å²) >= 11 is 0. The van der Waals surface area contributed by atoms with Crippen LogP contribution in [0.3, 0.4) is 0 Å². The second kappa shape index (κ2) is 10.1. The summed E-state index contributed by atoms with van der Waals surface area (Å²) in [6.07, 6.45) is -23.6. The Balaban J connectivity index is 1.75. The number of carbonyl (C=O) groups is 1. The number of aliphatic carboxylic acids is 1. The summed E-state index contributed by atoms with van der Waals surface area (Å²) in [6.45, 7) is 0.913. The predicted molar refractivity (Wildman–Crippen MR) is 94.4 cm³/mol. The van der Waals surface area contributed by atoms with E-state index in [1.807, 2.05) is 0 Å². The maximum atomic E-state index is 11.1. The SMILES string of the molecule is C[C@@H]1O[C@@H](O[C@H]2[C@H](O[C@@H]3[C@@H](O)[C@H](O)[C@@H](C(=O)O)O[C@H]3O)OC[C@H](O)[C@@H]2O)[C@H](O)[C@H](O)[C@H]1O. The maximum absolute atomic E-state index is 11.1. The lowest BCUT2D eigenvalue weighted by Crippen LogP contribution is -2.65. The predicted octanol–water partition coefficient (Wildman–Crippen LogP) is -5.81. The standard InChI is InChI=1S/C17H28O15/c1-3-5(19)7(21)10(24)16(29-3)32-13-6(20)4(18)2-28-17(13)31-12-9(23)8(22)11(14(25)26)30-15(12)27/h3-13,15-24,27H,2H2,1H3,(H,25,26)/t3-,4-,5-,6-,7+,8-,9-,10+,11-,12+,13+,15+,16-,17-/m0/s1. The van der Waals surface area contributed by atoms with Gasteiger partial charge < -0.3 is 69.6 Å². The Morgan fingerprint density at radius 1 is 0.750 bits per heavy atom. The van der Waals surface area contributed by atoms with Gasteiger partial charge in [-0.05, 0) is 6.92 Å². The highest BCUT2D eigenvalue weighted by Crippen LogP contribution is 2.30. The van der Waals surface area contributed by atoms with E-state index in [9.17, 15) is 45.6 Å². The average molecular weight is 472 g/mol. The molecular weight excluding hydrogens is 444 g/mol. The zero-order chi connectivity index (χ0) is 23.9. The van der Waals surface area contributed by atoms with Crippen molar-refractivity contribution in [2.24, 2.45) is 0 Å². The van der Waals surface area contributed by atoms with E-state index in [1.54, 1.807) is 0 Å². The van der Waals surface area contributed by atoms with E-state index >= 15 is 0 Å². The van der Waals surface area contributed by atoms with Crippen molar-refractivity contribution in [1.29, 1.82) is 0 Å². The van der Waals surface area contributed by atoms with Crippen LogP contribution in [0.2, 0.25) is 0 Å². The molecular formula is C17H28O15. The Labute approximate surface area is 180 Å². The van der Waals surface area contributed by atoms with Gasteiger partial charge in [-0.2, -0.15) is 0 Å². The van der Waals surface area contributed by atoms with E-state index in [-0.39, 0.29) is 0 Å². The molecule has 32 heavy (non-hydrogen) atoms. The van der Waals surface area contributed by atoms with Crippen LogP contribution < -0.4 is 0 Å². The number of hydrogen-bond donors (Lipinski definition) is 9. The van der Waals surface area contributed by atoms with Crippen molar-refractivity contribution < 1.29 is 74.4 Å². The molecule has 3 rings (SSSR count). The molecule has 3 fully saturated rings. The van der Waals surface area contributed by atoms with Gasteiger partial charge in [0, 0.05) is 0 Å². The summed E-state index contributed by atoms with van der Waals surface area (Å²) in [6, 6.07) is 0. The van der Waals surface area contributed by atoms with Crippen LogP contribution in [-0.2, 0) is 28.5 Å². The summed E-state index contributed by atoms with van der Waals surface area (Å²) in [7, 11) is 0. The van der Waals surface area contributed by atoms with Gasteiger partial charge in [0.1, 0.15) is 54.9 Å². The van der Waals surface area contributed by atoms with E-state index in [2.05, 4.69) is 0 Å². The third-order valence-corrected chi connectivity index (χ3v) is 5.63. The van der Waals surface area contributed by atoms with E-state index in [1.165, 1.54) is 6.92 Å². The minimum Gasteiger partial charge on any atom is -0.479 e. The first-order chi connectivity index (χ1) is 14.9. The van der Waals surface area contributed by atoms with Crippen LogP contribution >= 0.6 is 0 Å². The Bertz CT molecular complexity index is 649. The molecule has 0 aromatic carbocycles. The molecule has 0 unspecified atom stereocenters. The third kappa shape index (κ3) is 4.90. The molecule has 3 aliphatic rings. The largest absolute Gasteiger partial charge is 0.479 e. The van der Waals surface area contributed by atoms with Crippen LogP contribution in [-0.4, -0.2) is 145 Å². The van der Waals surface area contributed by atoms with E-state index < -0.39 is 98.6 Å². The first-order valence-corrected chi connectivity index (χ1v) is 9.84. The normalized spacial score (nSPS) is 52.5. The molecule has 0 amide bonds. The van der Waals surface area contributed by atoms with E-state index in [0.29, 0.717) is 0 Å². The van der Waals surface area contributed by atoms with Crippen LogP contribution in [0.4, 0.5) is 0 Å². The number of aliphatic hydroxyl groups is 8. The van der Waals surface area contributed by atoms with Crippen molar-refractivity contribution in [3.63, 3.8) is 0 Å². The molecule has 186 valence electrons. The van der Waals surface area contributed by atoms with Crippen molar-refractivity contribution in [1.82, 2.24) is 0 Å². The van der Waals surface area contributed by atoms with Gasteiger partial charge in [0.15, 0.2) is 25.0 Å². The molecule has 0 radical (unpaired) electrons. The molecule has 0 saturated carbocycles. The monoisotopic (exact) mass is 472 g/mol. The van der Waals surface area contributed by atoms with Crippen molar-refractivity contribution in [2.45, 2.75) is 92.9 Å². The molecule has 15 nitrogen and oxygen atoms in total. The number of carboxylic acids is 1. The fourth-order valence-corrected chi connectivity index (χ4v) is 3.67. The number of rotatable bonds is 5. The summed E-state index contributed by atoms with van der Waals surface area (Å²) in [5, 5.41) is 89.4. The van der Waals surface area contributed by atoms with E-state index in [0.717, 1.165) is 0 Å². The Kier molecular flexibility index (Phi) is 8.04. The van der Waals surface area contributed by atoms with Crippen LogP contribution in [0.5, 0.6) is 0 Å². The highest BCUT2D eigenvalue weighted by molar-refractivity contribution is 5.73. The van der Waals surface area contributed by atoms with Gasteiger partial charge >= 0.3 is 5.97 Å². The molecule has 0 aliphatic carbocycles. The van der Waals surface area contributed by atoms with Gasteiger partial charge in [-0.3, -0.25) is 0 Å². The molecule has 0 aromatic heterocycles. The van der Waals surface area contributed by atoms with Gasteiger partial charge in [-0.1, -0.05) is 0 Å². The molecule has 0 aromatic rings. The first-order valence-electron chi connectivity index (χ1n) is 9.84. The summed E-state index contributed by atoms with van der Waals surface area (Å²) < 4.78 is 26.2. The van der Waals surface area contributed by atoms with Gasteiger partial charge in [-0.25, -0.2) is 4.79 Å². The van der Waals surface area contributed by atoms with Gasteiger partial charge in [-0.15, -0.1) is 0 Å². The van der Waals surface area contributed by atoms with E-state index in [4.69, 9.17) is 28.8 Å². The molecule has 0 bridgehead atoms. The smallest absolute Gasteiger partial charge is 0.335 e. The Hall–Kier alpha value is -1.05. The number of carboxylic acid groups (broad SMARTS) is 1. The van der Waals surface area contributed by atoms with Crippen LogP contribution in [0.25, 0.3) is 0 Å². The van der Waals surface area contributed by atoms with Crippen molar-refractivity contribution in [2.75, 3.05) is 6.61 Å². The summed E-state index contributed by atoms with van der Waals surface area (Å²) in [4.78, 5) is 11.1. The quantitative estimate of drug-likeness (QED) is 0.181. The number of hydrogen-bond acceptors (Lipinski definition) is 14. The van der Waals surface area contributed by atoms with Gasteiger partial charge in [0.25, 0.3) is 0 Å². The second-order valence-corrected chi connectivity index (χ2v) is 7.91. The zero-order valence-corrected chi connectivity index (χ0v) is 16.8. The van der Waals surface area contributed by atoms with Crippen molar-refractivity contribution >= 4 is 5.97 Å². The van der Waals surface area contributed by atoms with Crippen molar-refractivity contribution in [3.8, 4) is 0 Å². The number of aliphatic hydroxyl groups excluding tert-OH is 8. The van der Waals surface area contributed by atoms with Crippen molar-refractivity contribution in [3.05, 3.63) is 0 Å². The minimum absolute atomic E-state index is 0.475. The Morgan fingerprint density at radius 2 is 1.38 bits per heavy atom. The highest BCUT2D eigenvalue weighted by atomic mass is 16.8. The summed E-state index contributed by atoms with van der Waals surface area (Å²) in [5.74, 6) is -1.64. The molecule has 15 heteroatoms. The number of ether oxygens (including phenoxy) is 5. The second-order valence-electron chi connectivity index (χ2n) is 7.91. The maximum Gasteiger partial charge on any atom is 0.335 e. The Morgan fingerprint density at radius 3 is 2.00 bits per heavy atom. The lowest BCUT2D eigenvalue weighted by atomic mass is 9.98. The molecule has 3 heterocycles. The minimum atomic E-state index is -2.03. The summed E-state index contributed by atoms with van der Waals surface area (Å²) in [5.41, 5.74) is 0. The lowest BCUT2D eigenvalue weighted by Gasteiger charge is -2.46. The molecule has 9 N–H and O–H groups in total. The lowest BCUT2D eigenvalue weighted by molar-refractivity contribution is -0.377.